The molecule has 2 aromatic rings. The van der Waals surface area contributed by atoms with Gasteiger partial charge in [-0.15, -0.1) is 0 Å². The molecule has 26 heavy (non-hydrogen) atoms. The lowest BCUT2D eigenvalue weighted by molar-refractivity contribution is 0.0954. The Hall–Kier alpha value is -2.32. The lowest BCUT2D eigenvalue weighted by atomic mass is 10.2. The van der Waals surface area contributed by atoms with E-state index in [1.165, 1.54) is 10.4 Å². The highest BCUT2D eigenvalue weighted by atomic mass is 32.2. The minimum Gasteiger partial charge on any atom is -0.352 e. The molecular formula is C18H22N4O3S. The van der Waals surface area contributed by atoms with E-state index in [1.807, 2.05) is 0 Å². The van der Waals surface area contributed by atoms with E-state index in [4.69, 9.17) is 0 Å². The van der Waals surface area contributed by atoms with E-state index in [2.05, 4.69) is 15.3 Å². The molecule has 0 unspecified atom stereocenters. The molecule has 0 atom stereocenters. The maximum absolute atomic E-state index is 12.7. The molecule has 7 nitrogen and oxygen atoms in total. The number of benzene rings is 1. The van der Waals surface area contributed by atoms with Gasteiger partial charge >= 0.3 is 0 Å². The third-order valence-corrected chi connectivity index (χ3v) is 6.23. The number of hydrogen-bond donors (Lipinski definition) is 1. The Kier molecular flexibility index (Phi) is 5.95. The van der Waals surface area contributed by atoms with Gasteiger partial charge in [-0.1, -0.05) is 12.5 Å². The zero-order chi connectivity index (χ0) is 18.4. The van der Waals surface area contributed by atoms with Crippen LogP contribution in [0.1, 0.15) is 35.3 Å². The van der Waals surface area contributed by atoms with Crippen molar-refractivity contribution in [2.75, 3.05) is 19.6 Å². The number of piperidine rings is 1. The minimum absolute atomic E-state index is 0.168. The smallest absolute Gasteiger partial charge is 0.251 e. The van der Waals surface area contributed by atoms with Gasteiger partial charge in [-0.25, -0.2) is 8.42 Å². The molecular weight excluding hydrogens is 352 g/mol. The second-order valence-corrected chi connectivity index (χ2v) is 8.13. The number of sulfonamides is 1. The second kappa shape index (κ2) is 8.37. The maximum atomic E-state index is 12.7. The molecule has 1 aromatic heterocycles. The van der Waals surface area contributed by atoms with Crippen LogP contribution in [0.4, 0.5) is 0 Å². The van der Waals surface area contributed by atoms with E-state index in [-0.39, 0.29) is 10.8 Å². The van der Waals surface area contributed by atoms with E-state index in [9.17, 15) is 13.2 Å². The first-order valence-electron chi connectivity index (χ1n) is 8.71. The summed E-state index contributed by atoms with van der Waals surface area (Å²) in [6, 6.07) is 6.21. The largest absolute Gasteiger partial charge is 0.352 e. The second-order valence-electron chi connectivity index (χ2n) is 6.20. The van der Waals surface area contributed by atoms with Crippen molar-refractivity contribution in [2.45, 2.75) is 30.6 Å². The number of rotatable bonds is 6. The highest BCUT2D eigenvalue weighted by Crippen LogP contribution is 2.21. The molecule has 8 heteroatoms. The normalized spacial score (nSPS) is 15.5. The van der Waals surface area contributed by atoms with Gasteiger partial charge in [-0.3, -0.25) is 14.8 Å². The third kappa shape index (κ3) is 4.44. The van der Waals surface area contributed by atoms with Crippen LogP contribution < -0.4 is 5.32 Å². The standard InChI is InChI=1S/C18H22N4O3S/c23-18(21-8-7-16-14-19-9-10-20-16)15-5-4-6-17(13-15)26(24,25)22-11-2-1-3-12-22/h4-6,9-10,13-14H,1-3,7-8,11-12H2,(H,21,23). The number of nitrogens with one attached hydrogen (secondary N) is 1. The van der Waals surface area contributed by atoms with Crippen LogP contribution in [-0.2, 0) is 16.4 Å². The first kappa shape index (κ1) is 18.5. The predicted octanol–water partition coefficient (Wildman–Crippen LogP) is 1.62. The Morgan fingerprint density at radius 2 is 1.96 bits per heavy atom. The molecule has 1 aliphatic rings. The molecule has 1 aromatic carbocycles. The Morgan fingerprint density at radius 3 is 2.69 bits per heavy atom. The molecule has 1 amide bonds. The van der Waals surface area contributed by atoms with Crippen LogP contribution in [0.25, 0.3) is 0 Å². The first-order valence-corrected chi connectivity index (χ1v) is 10.1. The van der Waals surface area contributed by atoms with E-state index < -0.39 is 10.0 Å². The Morgan fingerprint density at radius 1 is 1.15 bits per heavy atom. The van der Waals surface area contributed by atoms with Gasteiger partial charge in [0, 0.05) is 50.2 Å². The van der Waals surface area contributed by atoms with Crippen molar-refractivity contribution in [3.8, 4) is 0 Å². The van der Waals surface area contributed by atoms with Gasteiger partial charge in [0.15, 0.2) is 0 Å². The molecule has 1 aliphatic heterocycles. The quantitative estimate of drug-likeness (QED) is 0.829. The fraction of sp³-hybridized carbons (Fsp3) is 0.389. The summed E-state index contributed by atoms with van der Waals surface area (Å²) in [4.78, 5) is 20.6. The highest BCUT2D eigenvalue weighted by molar-refractivity contribution is 7.89. The first-order chi connectivity index (χ1) is 12.6. The molecule has 0 saturated carbocycles. The summed E-state index contributed by atoms with van der Waals surface area (Å²) >= 11 is 0. The summed E-state index contributed by atoms with van der Waals surface area (Å²) in [6.07, 6.45) is 8.22. The van der Waals surface area contributed by atoms with Crippen LogP contribution in [0.15, 0.2) is 47.8 Å². The lowest BCUT2D eigenvalue weighted by Gasteiger charge is -2.26. The summed E-state index contributed by atoms with van der Waals surface area (Å²) in [5.41, 5.74) is 1.12. The monoisotopic (exact) mass is 374 g/mol. The summed E-state index contributed by atoms with van der Waals surface area (Å²) < 4.78 is 27.0. The van der Waals surface area contributed by atoms with Gasteiger partial charge in [0.2, 0.25) is 10.0 Å². The van der Waals surface area contributed by atoms with Gasteiger partial charge < -0.3 is 5.32 Å². The Bertz CT molecular complexity index is 850. The number of carbonyl (C=O) groups excluding carboxylic acids is 1. The van der Waals surface area contributed by atoms with Crippen molar-refractivity contribution in [2.24, 2.45) is 0 Å². The van der Waals surface area contributed by atoms with Crippen LogP contribution in [0.3, 0.4) is 0 Å². The minimum atomic E-state index is -3.55. The van der Waals surface area contributed by atoms with Crippen molar-refractivity contribution >= 4 is 15.9 Å². The number of aromatic nitrogens is 2. The van der Waals surface area contributed by atoms with Crippen molar-refractivity contribution in [3.05, 3.63) is 54.1 Å². The van der Waals surface area contributed by atoms with Crippen molar-refractivity contribution in [1.29, 1.82) is 0 Å². The van der Waals surface area contributed by atoms with Gasteiger partial charge in [-0.2, -0.15) is 4.31 Å². The fourth-order valence-electron chi connectivity index (χ4n) is 2.92. The average Bonchev–Trinajstić information content (AvgIpc) is 2.69. The number of amides is 1. The molecule has 1 fully saturated rings. The number of carbonyl (C=O) groups is 1. The third-order valence-electron chi connectivity index (χ3n) is 4.33. The van der Waals surface area contributed by atoms with Gasteiger partial charge in [-0.05, 0) is 31.0 Å². The average molecular weight is 374 g/mol. The van der Waals surface area contributed by atoms with Crippen molar-refractivity contribution in [3.63, 3.8) is 0 Å². The van der Waals surface area contributed by atoms with E-state index in [1.54, 1.807) is 36.8 Å². The topological polar surface area (TPSA) is 92.3 Å². The van der Waals surface area contributed by atoms with Crippen molar-refractivity contribution < 1.29 is 13.2 Å². The summed E-state index contributed by atoms with van der Waals surface area (Å²) in [7, 11) is -3.55. The highest BCUT2D eigenvalue weighted by Gasteiger charge is 2.26. The van der Waals surface area contributed by atoms with Gasteiger partial charge in [0.25, 0.3) is 5.91 Å². The molecule has 1 N–H and O–H groups in total. The Balaban J connectivity index is 1.65. The Labute approximate surface area is 153 Å². The van der Waals surface area contributed by atoms with Crippen LogP contribution in [0.2, 0.25) is 0 Å². The molecule has 0 bridgehead atoms. The van der Waals surface area contributed by atoms with Crippen LogP contribution in [0.5, 0.6) is 0 Å². The molecule has 0 spiro atoms. The van der Waals surface area contributed by atoms with Crippen LogP contribution in [-0.4, -0.2) is 48.2 Å². The molecule has 138 valence electrons. The van der Waals surface area contributed by atoms with E-state index in [0.29, 0.717) is 31.6 Å². The van der Waals surface area contributed by atoms with Crippen LogP contribution >= 0.6 is 0 Å². The molecule has 0 aliphatic carbocycles. The zero-order valence-corrected chi connectivity index (χ0v) is 15.3. The summed E-state index contributed by atoms with van der Waals surface area (Å²) in [5, 5.41) is 2.79. The summed E-state index contributed by atoms with van der Waals surface area (Å²) in [6.45, 7) is 1.48. The fourth-order valence-corrected chi connectivity index (χ4v) is 4.48. The number of hydrogen-bond acceptors (Lipinski definition) is 5. The SMILES string of the molecule is O=C(NCCc1cnccn1)c1cccc(S(=O)(=O)N2CCCCC2)c1. The maximum Gasteiger partial charge on any atom is 0.251 e. The van der Waals surface area contributed by atoms with E-state index >= 15 is 0 Å². The predicted molar refractivity (Wildman–Crippen MR) is 97.1 cm³/mol. The van der Waals surface area contributed by atoms with Gasteiger partial charge in [0.1, 0.15) is 0 Å². The molecule has 3 rings (SSSR count). The zero-order valence-electron chi connectivity index (χ0n) is 14.5. The summed E-state index contributed by atoms with van der Waals surface area (Å²) in [5.74, 6) is -0.301. The number of nitrogens with zero attached hydrogens (tertiary/aromatic N) is 3. The molecule has 0 radical (unpaired) electrons. The van der Waals surface area contributed by atoms with Gasteiger partial charge in [0.05, 0.1) is 10.6 Å². The lowest BCUT2D eigenvalue weighted by Crippen LogP contribution is -2.35. The molecule has 2 heterocycles. The van der Waals surface area contributed by atoms with Crippen molar-refractivity contribution in [1.82, 2.24) is 19.6 Å². The van der Waals surface area contributed by atoms with Crippen LogP contribution in [0, 0.1) is 0 Å². The van der Waals surface area contributed by atoms with E-state index in [0.717, 1.165) is 25.0 Å². The molecule has 1 saturated heterocycles.